The number of carboxylic acid groups (broad SMARTS) is 1. The molecule has 18 heavy (non-hydrogen) atoms. The maximum Gasteiger partial charge on any atom is 0.303 e. The van der Waals surface area contributed by atoms with E-state index in [2.05, 4.69) is 34.2 Å². The molecule has 0 fully saturated rings. The Labute approximate surface area is 117 Å². The summed E-state index contributed by atoms with van der Waals surface area (Å²) < 4.78 is 1.12. The molecule has 0 aliphatic rings. The summed E-state index contributed by atoms with van der Waals surface area (Å²) >= 11 is 3.54. The molecule has 4 heteroatoms. The fourth-order valence-electron chi connectivity index (χ4n) is 1.83. The molecule has 100 valence electrons. The number of carbonyl (C=O) groups is 1. The zero-order valence-corrected chi connectivity index (χ0v) is 12.2. The third kappa shape index (κ3) is 5.65. The molecule has 0 heterocycles. The molecule has 0 aliphatic carbocycles. The third-order valence-corrected chi connectivity index (χ3v) is 3.61. The second-order valence-electron chi connectivity index (χ2n) is 4.40. The van der Waals surface area contributed by atoms with Crippen molar-refractivity contribution in [3.8, 4) is 0 Å². The van der Waals surface area contributed by atoms with Gasteiger partial charge in [-0.15, -0.1) is 0 Å². The first-order valence-corrected chi connectivity index (χ1v) is 7.10. The van der Waals surface area contributed by atoms with Gasteiger partial charge in [-0.05, 0) is 37.9 Å². The van der Waals surface area contributed by atoms with E-state index in [4.69, 9.17) is 5.11 Å². The van der Waals surface area contributed by atoms with Gasteiger partial charge < -0.3 is 10.4 Å². The van der Waals surface area contributed by atoms with Crippen LogP contribution >= 0.6 is 15.9 Å². The Morgan fingerprint density at radius 3 is 2.72 bits per heavy atom. The second kappa shape index (κ2) is 8.27. The smallest absolute Gasteiger partial charge is 0.303 e. The van der Waals surface area contributed by atoms with E-state index in [1.54, 1.807) is 0 Å². The minimum atomic E-state index is -0.704. The lowest BCUT2D eigenvalue weighted by molar-refractivity contribution is -0.137. The number of carboxylic acids is 1. The van der Waals surface area contributed by atoms with E-state index in [0.717, 1.165) is 30.3 Å². The van der Waals surface area contributed by atoms with Crippen LogP contribution in [0.15, 0.2) is 28.7 Å². The first-order valence-electron chi connectivity index (χ1n) is 6.31. The molecule has 0 radical (unpaired) electrons. The van der Waals surface area contributed by atoms with Gasteiger partial charge >= 0.3 is 5.97 Å². The minimum absolute atomic E-state index is 0.278. The standard InChI is InChI=1S/C14H20BrNO2/c1-11(12-7-4-5-8-13(12)15)16-10-6-2-3-9-14(17)18/h4-5,7-8,11,16H,2-3,6,9-10H2,1H3,(H,17,18)/t11-/m0/s1. The molecule has 1 aromatic carbocycles. The van der Waals surface area contributed by atoms with Crippen LogP contribution in [-0.2, 0) is 4.79 Å². The highest BCUT2D eigenvalue weighted by atomic mass is 79.9. The van der Waals surface area contributed by atoms with E-state index in [-0.39, 0.29) is 6.42 Å². The Kier molecular flexibility index (Phi) is 6.98. The van der Waals surface area contributed by atoms with Crippen LogP contribution in [0.3, 0.4) is 0 Å². The highest BCUT2D eigenvalue weighted by Crippen LogP contribution is 2.22. The number of hydrogen-bond acceptors (Lipinski definition) is 2. The SMILES string of the molecule is C[C@H](NCCCCCC(=O)O)c1ccccc1Br. The molecule has 1 atom stereocenters. The summed E-state index contributed by atoms with van der Waals surface area (Å²) in [5, 5.41) is 12.0. The number of benzene rings is 1. The van der Waals surface area contributed by atoms with Crippen LogP contribution in [0.4, 0.5) is 0 Å². The maximum atomic E-state index is 10.3. The highest BCUT2D eigenvalue weighted by molar-refractivity contribution is 9.10. The van der Waals surface area contributed by atoms with Crippen molar-refractivity contribution in [2.45, 2.75) is 38.6 Å². The van der Waals surface area contributed by atoms with Crippen LogP contribution in [0.25, 0.3) is 0 Å². The van der Waals surface area contributed by atoms with Crippen molar-refractivity contribution in [3.05, 3.63) is 34.3 Å². The largest absolute Gasteiger partial charge is 0.481 e. The van der Waals surface area contributed by atoms with Crippen LogP contribution in [0.1, 0.15) is 44.2 Å². The summed E-state index contributed by atoms with van der Waals surface area (Å²) in [6.07, 6.45) is 3.02. The number of aliphatic carboxylic acids is 1. The topological polar surface area (TPSA) is 49.3 Å². The average molecular weight is 314 g/mol. The van der Waals surface area contributed by atoms with Gasteiger partial charge in [-0.2, -0.15) is 0 Å². The lowest BCUT2D eigenvalue weighted by Gasteiger charge is -2.15. The predicted octanol–water partition coefficient (Wildman–Crippen LogP) is 3.74. The van der Waals surface area contributed by atoms with E-state index in [1.807, 2.05) is 18.2 Å². The minimum Gasteiger partial charge on any atom is -0.481 e. The molecule has 2 N–H and O–H groups in total. The van der Waals surface area contributed by atoms with Crippen molar-refractivity contribution in [2.24, 2.45) is 0 Å². The van der Waals surface area contributed by atoms with Gasteiger partial charge in [0.15, 0.2) is 0 Å². The molecule has 0 unspecified atom stereocenters. The van der Waals surface area contributed by atoms with Gasteiger partial charge in [0.1, 0.15) is 0 Å². The summed E-state index contributed by atoms with van der Waals surface area (Å²) in [7, 11) is 0. The fourth-order valence-corrected chi connectivity index (χ4v) is 2.46. The van der Waals surface area contributed by atoms with E-state index < -0.39 is 5.97 Å². The molecule has 0 amide bonds. The lowest BCUT2D eigenvalue weighted by atomic mass is 10.1. The number of nitrogens with one attached hydrogen (secondary N) is 1. The number of rotatable bonds is 8. The number of unbranched alkanes of at least 4 members (excludes halogenated alkanes) is 2. The summed E-state index contributed by atoms with van der Waals surface area (Å²) in [6, 6.07) is 8.49. The Morgan fingerprint density at radius 1 is 1.33 bits per heavy atom. The summed E-state index contributed by atoms with van der Waals surface area (Å²) in [6.45, 7) is 3.06. The Morgan fingerprint density at radius 2 is 2.06 bits per heavy atom. The molecule has 0 spiro atoms. The summed E-state index contributed by atoms with van der Waals surface area (Å²) in [4.78, 5) is 10.3. The van der Waals surface area contributed by atoms with Gasteiger partial charge in [-0.3, -0.25) is 4.79 Å². The number of halogens is 1. The van der Waals surface area contributed by atoms with Crippen LogP contribution in [0.2, 0.25) is 0 Å². The molecule has 1 aromatic rings. The van der Waals surface area contributed by atoms with Gasteiger partial charge in [0.2, 0.25) is 0 Å². The maximum absolute atomic E-state index is 10.3. The second-order valence-corrected chi connectivity index (χ2v) is 5.26. The van der Waals surface area contributed by atoms with Gasteiger partial charge in [0, 0.05) is 16.9 Å². The van der Waals surface area contributed by atoms with Crippen LogP contribution < -0.4 is 5.32 Å². The zero-order valence-electron chi connectivity index (χ0n) is 10.7. The van der Waals surface area contributed by atoms with Crippen LogP contribution in [0, 0.1) is 0 Å². The molecule has 0 saturated carbocycles. The van der Waals surface area contributed by atoms with Crippen molar-refractivity contribution in [1.29, 1.82) is 0 Å². The molecular formula is C14H20BrNO2. The van der Waals surface area contributed by atoms with Crippen molar-refractivity contribution in [1.82, 2.24) is 5.32 Å². The summed E-state index contributed by atoms with van der Waals surface area (Å²) in [5.41, 5.74) is 1.25. The lowest BCUT2D eigenvalue weighted by Crippen LogP contribution is -2.20. The van der Waals surface area contributed by atoms with Crippen molar-refractivity contribution in [2.75, 3.05) is 6.54 Å². The van der Waals surface area contributed by atoms with Crippen LogP contribution in [0.5, 0.6) is 0 Å². The Bertz CT molecular complexity index is 382. The van der Waals surface area contributed by atoms with E-state index in [9.17, 15) is 4.79 Å². The van der Waals surface area contributed by atoms with Crippen LogP contribution in [-0.4, -0.2) is 17.6 Å². The quantitative estimate of drug-likeness (QED) is 0.719. The van der Waals surface area contributed by atoms with Gasteiger partial charge in [-0.25, -0.2) is 0 Å². The van der Waals surface area contributed by atoms with E-state index >= 15 is 0 Å². The Balaban J connectivity index is 2.20. The molecule has 0 aliphatic heterocycles. The van der Waals surface area contributed by atoms with E-state index in [0.29, 0.717) is 6.04 Å². The molecule has 1 rings (SSSR count). The number of hydrogen-bond donors (Lipinski definition) is 2. The Hall–Kier alpha value is -0.870. The molecule has 0 saturated heterocycles. The highest BCUT2D eigenvalue weighted by Gasteiger charge is 2.07. The normalized spacial score (nSPS) is 12.3. The molecule has 0 aromatic heterocycles. The van der Waals surface area contributed by atoms with Gasteiger partial charge in [0.05, 0.1) is 0 Å². The van der Waals surface area contributed by atoms with E-state index in [1.165, 1.54) is 5.56 Å². The average Bonchev–Trinajstić information content (AvgIpc) is 2.33. The zero-order chi connectivity index (χ0) is 13.4. The molecule has 0 bridgehead atoms. The fraction of sp³-hybridized carbons (Fsp3) is 0.500. The van der Waals surface area contributed by atoms with Crippen molar-refractivity contribution < 1.29 is 9.90 Å². The van der Waals surface area contributed by atoms with Gasteiger partial charge in [-0.1, -0.05) is 40.5 Å². The summed E-state index contributed by atoms with van der Waals surface area (Å²) in [5.74, 6) is -0.704. The monoisotopic (exact) mass is 313 g/mol. The first kappa shape index (κ1) is 15.2. The van der Waals surface area contributed by atoms with Gasteiger partial charge in [0.25, 0.3) is 0 Å². The molecule has 3 nitrogen and oxygen atoms in total. The van der Waals surface area contributed by atoms with Crippen molar-refractivity contribution >= 4 is 21.9 Å². The molecular weight excluding hydrogens is 294 g/mol. The first-order chi connectivity index (χ1) is 8.61. The predicted molar refractivity (Wildman–Crippen MR) is 76.7 cm³/mol. The third-order valence-electron chi connectivity index (χ3n) is 2.89. The van der Waals surface area contributed by atoms with Crippen molar-refractivity contribution in [3.63, 3.8) is 0 Å².